The summed E-state index contributed by atoms with van der Waals surface area (Å²) in [5, 5.41) is 11.1. The van der Waals surface area contributed by atoms with Gasteiger partial charge in [-0.05, 0) is 37.8 Å². The van der Waals surface area contributed by atoms with Gasteiger partial charge in [0.25, 0.3) is 5.69 Å². The average Bonchev–Trinajstić information content (AvgIpc) is 2.33. The summed E-state index contributed by atoms with van der Waals surface area (Å²) in [6, 6.07) is 3.30. The molecule has 2 rings (SSSR count). The molecule has 1 aliphatic rings. The summed E-state index contributed by atoms with van der Waals surface area (Å²) >= 11 is 0. The van der Waals surface area contributed by atoms with Crippen LogP contribution in [-0.2, 0) is 0 Å². The van der Waals surface area contributed by atoms with Crippen LogP contribution in [0.2, 0.25) is 0 Å². The topological polar surface area (TPSA) is 72.4 Å². The van der Waals surface area contributed by atoms with Crippen molar-refractivity contribution in [3.8, 4) is 0 Å². The summed E-state index contributed by atoms with van der Waals surface area (Å²) in [5.41, 5.74) is 8.06. The molecule has 0 spiro atoms. The number of hydrogen-bond donors (Lipinski definition) is 1. The van der Waals surface area contributed by atoms with Crippen LogP contribution >= 0.6 is 0 Å². The fourth-order valence-electron chi connectivity index (χ4n) is 2.23. The highest BCUT2D eigenvalue weighted by atomic mass is 16.6. The minimum Gasteiger partial charge on any atom is -0.398 e. The van der Waals surface area contributed by atoms with E-state index in [1.165, 1.54) is 6.42 Å². The second kappa shape index (κ2) is 4.61. The van der Waals surface area contributed by atoms with Gasteiger partial charge in [-0.2, -0.15) is 0 Å². The standard InChI is InChI=1S/C12H17N3O2/c1-9-7-12(15(16)17)11(8-10(9)13)14-5-3-2-4-6-14/h7-8H,2-6,13H2,1H3. The summed E-state index contributed by atoms with van der Waals surface area (Å²) in [5.74, 6) is 0. The lowest BCUT2D eigenvalue weighted by Gasteiger charge is -2.28. The minimum absolute atomic E-state index is 0.165. The molecule has 17 heavy (non-hydrogen) atoms. The number of rotatable bonds is 2. The number of nitrogens with two attached hydrogens (primary N) is 1. The van der Waals surface area contributed by atoms with Crippen LogP contribution in [-0.4, -0.2) is 18.0 Å². The van der Waals surface area contributed by atoms with E-state index in [-0.39, 0.29) is 10.6 Å². The summed E-state index contributed by atoms with van der Waals surface area (Å²) in [4.78, 5) is 12.8. The lowest BCUT2D eigenvalue weighted by Crippen LogP contribution is -2.30. The molecule has 0 aromatic heterocycles. The Balaban J connectivity index is 2.42. The first kappa shape index (κ1) is 11.7. The van der Waals surface area contributed by atoms with Crippen LogP contribution in [0.3, 0.4) is 0 Å². The molecule has 1 aliphatic heterocycles. The molecule has 0 aliphatic carbocycles. The van der Waals surface area contributed by atoms with Crippen LogP contribution < -0.4 is 10.6 Å². The number of nitro benzene ring substituents is 1. The molecule has 5 nitrogen and oxygen atoms in total. The van der Waals surface area contributed by atoms with Crippen molar-refractivity contribution in [3.63, 3.8) is 0 Å². The molecule has 1 fully saturated rings. The number of anilines is 2. The van der Waals surface area contributed by atoms with Gasteiger partial charge in [0.1, 0.15) is 5.69 Å². The molecule has 0 radical (unpaired) electrons. The van der Waals surface area contributed by atoms with Gasteiger partial charge in [-0.15, -0.1) is 0 Å². The molecule has 2 N–H and O–H groups in total. The van der Waals surface area contributed by atoms with Crippen LogP contribution in [0, 0.1) is 17.0 Å². The molecule has 0 amide bonds. The Kier molecular flexibility index (Phi) is 3.17. The van der Waals surface area contributed by atoms with Gasteiger partial charge in [0.15, 0.2) is 0 Å². The maximum Gasteiger partial charge on any atom is 0.292 e. The third kappa shape index (κ3) is 2.33. The van der Waals surface area contributed by atoms with Crippen molar-refractivity contribution in [1.29, 1.82) is 0 Å². The summed E-state index contributed by atoms with van der Waals surface area (Å²) in [7, 11) is 0. The van der Waals surface area contributed by atoms with Gasteiger partial charge >= 0.3 is 0 Å². The van der Waals surface area contributed by atoms with E-state index < -0.39 is 0 Å². The quantitative estimate of drug-likeness (QED) is 0.485. The molecule has 0 atom stereocenters. The van der Waals surface area contributed by atoms with E-state index in [9.17, 15) is 10.1 Å². The molecule has 1 aromatic carbocycles. The third-order valence-electron chi connectivity index (χ3n) is 3.26. The van der Waals surface area contributed by atoms with Gasteiger partial charge in [0.2, 0.25) is 0 Å². The van der Waals surface area contributed by atoms with E-state index in [0.29, 0.717) is 11.4 Å². The number of piperidine rings is 1. The van der Waals surface area contributed by atoms with Gasteiger partial charge in [0, 0.05) is 24.8 Å². The van der Waals surface area contributed by atoms with E-state index in [1.54, 1.807) is 19.1 Å². The van der Waals surface area contributed by atoms with Crippen LogP contribution in [0.1, 0.15) is 24.8 Å². The summed E-state index contributed by atoms with van der Waals surface area (Å²) in [6.45, 7) is 3.55. The largest absolute Gasteiger partial charge is 0.398 e. The van der Waals surface area contributed by atoms with E-state index in [4.69, 9.17) is 5.73 Å². The highest BCUT2D eigenvalue weighted by Crippen LogP contribution is 2.34. The molecule has 1 aromatic rings. The fraction of sp³-hybridized carbons (Fsp3) is 0.500. The fourth-order valence-corrected chi connectivity index (χ4v) is 2.23. The number of nitrogens with zero attached hydrogens (tertiary/aromatic N) is 2. The second-order valence-electron chi connectivity index (χ2n) is 4.50. The molecule has 0 bridgehead atoms. The Hall–Kier alpha value is -1.78. The molecular weight excluding hydrogens is 218 g/mol. The zero-order chi connectivity index (χ0) is 12.4. The van der Waals surface area contributed by atoms with Gasteiger partial charge in [-0.3, -0.25) is 10.1 Å². The number of aryl methyl sites for hydroxylation is 1. The minimum atomic E-state index is -0.323. The van der Waals surface area contributed by atoms with Crippen LogP contribution in [0.15, 0.2) is 12.1 Å². The number of nitro groups is 1. The van der Waals surface area contributed by atoms with Crippen molar-refractivity contribution in [1.82, 2.24) is 0 Å². The second-order valence-corrected chi connectivity index (χ2v) is 4.50. The zero-order valence-electron chi connectivity index (χ0n) is 9.98. The molecule has 1 saturated heterocycles. The first-order valence-corrected chi connectivity index (χ1v) is 5.89. The van der Waals surface area contributed by atoms with Crippen molar-refractivity contribution in [3.05, 3.63) is 27.8 Å². The maximum atomic E-state index is 11.1. The summed E-state index contributed by atoms with van der Waals surface area (Å²) in [6.07, 6.45) is 3.38. The van der Waals surface area contributed by atoms with Crippen LogP contribution in [0.4, 0.5) is 17.1 Å². The molecule has 92 valence electrons. The Bertz CT molecular complexity index is 440. The lowest BCUT2D eigenvalue weighted by molar-refractivity contribution is -0.384. The van der Waals surface area contributed by atoms with E-state index in [1.807, 2.05) is 0 Å². The van der Waals surface area contributed by atoms with E-state index in [2.05, 4.69) is 4.90 Å². The molecular formula is C12H17N3O2. The first-order valence-electron chi connectivity index (χ1n) is 5.89. The molecule has 5 heteroatoms. The van der Waals surface area contributed by atoms with Gasteiger partial charge < -0.3 is 10.6 Å². The predicted molar refractivity (Wildman–Crippen MR) is 68.3 cm³/mol. The number of nitrogen functional groups attached to an aromatic ring is 1. The smallest absolute Gasteiger partial charge is 0.292 e. The summed E-state index contributed by atoms with van der Waals surface area (Å²) < 4.78 is 0. The Labute approximate surface area is 100 Å². The van der Waals surface area contributed by atoms with Crippen molar-refractivity contribution >= 4 is 17.1 Å². The Morgan fingerprint density at radius 3 is 2.53 bits per heavy atom. The zero-order valence-corrected chi connectivity index (χ0v) is 9.98. The molecule has 0 saturated carbocycles. The SMILES string of the molecule is Cc1cc([N+](=O)[O-])c(N2CCCCC2)cc1N. The maximum absolute atomic E-state index is 11.1. The van der Waals surface area contributed by atoms with Crippen molar-refractivity contribution in [2.75, 3.05) is 23.7 Å². The van der Waals surface area contributed by atoms with Gasteiger partial charge in [-0.1, -0.05) is 0 Å². The van der Waals surface area contributed by atoms with Crippen molar-refractivity contribution in [2.45, 2.75) is 26.2 Å². The highest BCUT2D eigenvalue weighted by molar-refractivity contribution is 5.71. The molecule has 1 heterocycles. The molecule has 0 unspecified atom stereocenters. The monoisotopic (exact) mass is 235 g/mol. The van der Waals surface area contributed by atoms with Crippen molar-refractivity contribution in [2.24, 2.45) is 0 Å². The number of hydrogen-bond acceptors (Lipinski definition) is 4. The van der Waals surface area contributed by atoms with Gasteiger partial charge in [-0.25, -0.2) is 0 Å². The number of benzene rings is 1. The van der Waals surface area contributed by atoms with E-state index in [0.717, 1.165) is 31.5 Å². The first-order chi connectivity index (χ1) is 8.09. The van der Waals surface area contributed by atoms with Crippen LogP contribution in [0.25, 0.3) is 0 Å². The lowest BCUT2D eigenvalue weighted by atomic mass is 10.1. The van der Waals surface area contributed by atoms with Crippen LogP contribution in [0.5, 0.6) is 0 Å². The van der Waals surface area contributed by atoms with E-state index >= 15 is 0 Å². The Morgan fingerprint density at radius 1 is 1.29 bits per heavy atom. The predicted octanol–water partition coefficient (Wildman–Crippen LogP) is 2.48. The normalized spacial score (nSPS) is 15.9. The average molecular weight is 235 g/mol. The van der Waals surface area contributed by atoms with Crippen molar-refractivity contribution < 1.29 is 4.92 Å². The Morgan fingerprint density at radius 2 is 1.94 bits per heavy atom. The van der Waals surface area contributed by atoms with Gasteiger partial charge in [0.05, 0.1) is 4.92 Å². The highest BCUT2D eigenvalue weighted by Gasteiger charge is 2.22. The third-order valence-corrected chi connectivity index (χ3v) is 3.26.